The van der Waals surface area contributed by atoms with Crippen LogP contribution in [0.1, 0.15) is 49.3 Å². The summed E-state index contributed by atoms with van der Waals surface area (Å²) in [7, 11) is 0. The van der Waals surface area contributed by atoms with Crippen LogP contribution in [0, 0.1) is 21.5 Å². The second kappa shape index (κ2) is 12.2. The van der Waals surface area contributed by atoms with Crippen molar-refractivity contribution in [2.45, 2.75) is 38.7 Å². The minimum absolute atomic E-state index is 0.0154. The molecule has 12 heteroatoms. The van der Waals surface area contributed by atoms with Gasteiger partial charge in [0.2, 0.25) is 5.95 Å². The second-order valence-corrected chi connectivity index (χ2v) is 11.7. The summed E-state index contributed by atoms with van der Waals surface area (Å²) in [6.45, 7) is 8.60. The highest BCUT2D eigenvalue weighted by atomic mass is 127. The van der Waals surface area contributed by atoms with Crippen LogP contribution < -0.4 is 10.2 Å². The van der Waals surface area contributed by atoms with Crippen molar-refractivity contribution < 1.29 is 23.1 Å². The smallest absolute Gasteiger partial charge is 0.410 e. The molecule has 216 valence electrons. The van der Waals surface area contributed by atoms with Gasteiger partial charge in [-0.2, -0.15) is 0 Å². The van der Waals surface area contributed by atoms with Gasteiger partial charge in [0.1, 0.15) is 22.8 Å². The van der Waals surface area contributed by atoms with E-state index in [4.69, 9.17) is 16.3 Å². The third kappa shape index (κ3) is 7.11. The summed E-state index contributed by atoms with van der Waals surface area (Å²) >= 11 is 7.97. The third-order valence-corrected chi connectivity index (χ3v) is 7.11. The molecule has 1 fully saturated rings. The molecule has 2 heterocycles. The van der Waals surface area contributed by atoms with Crippen LogP contribution in [0.5, 0.6) is 0 Å². The van der Waals surface area contributed by atoms with E-state index < -0.39 is 40.2 Å². The highest BCUT2D eigenvalue weighted by molar-refractivity contribution is 14.1. The molecule has 0 radical (unpaired) electrons. The lowest BCUT2D eigenvalue weighted by Gasteiger charge is -2.36. The van der Waals surface area contributed by atoms with Crippen LogP contribution in [-0.4, -0.2) is 58.6 Å². The number of anilines is 2. The summed E-state index contributed by atoms with van der Waals surface area (Å²) in [5, 5.41) is 3.02. The van der Waals surface area contributed by atoms with Crippen molar-refractivity contribution in [2.75, 3.05) is 36.4 Å². The molecule has 0 spiro atoms. The van der Waals surface area contributed by atoms with Gasteiger partial charge in [-0.1, -0.05) is 29.7 Å². The van der Waals surface area contributed by atoms with E-state index in [1.165, 1.54) is 0 Å². The molecule has 0 aliphatic carbocycles. The predicted molar refractivity (Wildman–Crippen MR) is 163 cm³/mol. The number of aromatic nitrogens is 2. The number of H-pyrrole nitrogens is 1. The van der Waals surface area contributed by atoms with E-state index in [1.54, 1.807) is 48.9 Å². The summed E-state index contributed by atoms with van der Waals surface area (Å²) in [5.41, 5.74) is -0.579. The first-order valence-corrected chi connectivity index (χ1v) is 14.2. The highest BCUT2D eigenvalue weighted by Crippen LogP contribution is 2.32. The second-order valence-electron chi connectivity index (χ2n) is 10.7. The van der Waals surface area contributed by atoms with Gasteiger partial charge in [0.05, 0.1) is 11.1 Å². The Morgan fingerprint density at radius 3 is 2.24 bits per heavy atom. The van der Waals surface area contributed by atoms with Crippen molar-refractivity contribution in [3.8, 4) is 9.85 Å². The summed E-state index contributed by atoms with van der Waals surface area (Å²) in [6, 6.07) is 9.38. The Labute approximate surface area is 255 Å². The van der Waals surface area contributed by atoms with Gasteiger partial charge in [-0.3, -0.25) is 10.1 Å². The van der Waals surface area contributed by atoms with Crippen LogP contribution in [-0.2, 0) is 10.2 Å². The molecule has 1 aromatic heterocycles. The van der Waals surface area contributed by atoms with Gasteiger partial charge < -0.3 is 19.5 Å². The Kier molecular flexibility index (Phi) is 9.13. The number of hydrogen-bond acceptors (Lipinski definition) is 5. The van der Waals surface area contributed by atoms with Crippen molar-refractivity contribution >= 4 is 57.8 Å². The number of imidazole rings is 1. The van der Waals surface area contributed by atoms with Crippen LogP contribution in [0.25, 0.3) is 0 Å². The van der Waals surface area contributed by atoms with Crippen molar-refractivity contribution in [3.63, 3.8) is 0 Å². The molecular weight excluding hydrogens is 667 g/mol. The lowest BCUT2D eigenvalue weighted by molar-refractivity contribution is 0.0240. The van der Waals surface area contributed by atoms with Gasteiger partial charge in [0.25, 0.3) is 5.91 Å². The molecule has 8 nitrogen and oxygen atoms in total. The third-order valence-electron chi connectivity index (χ3n) is 6.59. The lowest BCUT2D eigenvalue weighted by atomic mass is 9.81. The number of amides is 2. The van der Waals surface area contributed by atoms with E-state index in [-0.39, 0.29) is 11.6 Å². The number of carbonyl (C=O) groups is 2. The van der Waals surface area contributed by atoms with E-state index in [0.717, 1.165) is 17.7 Å². The molecule has 41 heavy (non-hydrogen) atoms. The molecule has 2 amide bonds. The zero-order chi connectivity index (χ0) is 29.9. The van der Waals surface area contributed by atoms with Crippen molar-refractivity contribution in [3.05, 3.63) is 76.1 Å². The topological polar surface area (TPSA) is 90.6 Å². The van der Waals surface area contributed by atoms with Crippen molar-refractivity contribution in [1.29, 1.82) is 0 Å². The number of carbonyl (C=O) groups excluding carboxylic acids is 2. The molecule has 4 rings (SSSR count). The Hall–Kier alpha value is -3.37. The van der Waals surface area contributed by atoms with Gasteiger partial charge in [0.15, 0.2) is 0 Å². The quantitative estimate of drug-likeness (QED) is 0.240. The van der Waals surface area contributed by atoms with E-state index >= 15 is 8.78 Å². The Morgan fingerprint density at radius 1 is 1.07 bits per heavy atom. The number of aromatic amines is 1. The SMILES string of the molecule is CC(C)(C)OC(=O)N1CCN(c2cc(F)c(C(=O)Nc3nc(C(C)(C#CI)c4ccc(Cl)cc4)c[nH]3)c(F)c2)CC1. The summed E-state index contributed by atoms with van der Waals surface area (Å²) in [4.78, 5) is 35.8. The maximum atomic E-state index is 15.1. The monoisotopic (exact) mass is 695 g/mol. The van der Waals surface area contributed by atoms with Gasteiger partial charge >= 0.3 is 6.09 Å². The van der Waals surface area contributed by atoms with Crippen LogP contribution in [0.2, 0.25) is 5.02 Å². The molecule has 1 aliphatic heterocycles. The zero-order valence-electron chi connectivity index (χ0n) is 22.9. The first-order chi connectivity index (χ1) is 19.3. The molecule has 2 aromatic carbocycles. The molecule has 1 aliphatic rings. The zero-order valence-corrected chi connectivity index (χ0v) is 25.9. The molecule has 1 saturated heterocycles. The predicted octanol–water partition coefficient (Wildman–Crippen LogP) is 6.35. The summed E-state index contributed by atoms with van der Waals surface area (Å²) < 4.78 is 38.4. The normalized spacial score (nSPS) is 15.0. The van der Waals surface area contributed by atoms with Crippen LogP contribution >= 0.6 is 34.2 Å². The fourth-order valence-electron chi connectivity index (χ4n) is 4.41. The first kappa shape index (κ1) is 30.6. The number of nitrogens with zero attached hydrogens (tertiary/aromatic N) is 3. The average Bonchev–Trinajstić information content (AvgIpc) is 3.37. The van der Waals surface area contributed by atoms with Crippen molar-refractivity contribution in [1.82, 2.24) is 14.9 Å². The molecule has 2 N–H and O–H groups in total. The minimum Gasteiger partial charge on any atom is -0.444 e. The molecule has 0 saturated carbocycles. The first-order valence-electron chi connectivity index (χ1n) is 12.8. The number of ether oxygens (including phenoxy) is 1. The molecule has 3 aromatic rings. The van der Waals surface area contributed by atoms with E-state index in [1.807, 2.05) is 41.6 Å². The van der Waals surface area contributed by atoms with Crippen LogP contribution in [0.3, 0.4) is 0 Å². The minimum atomic E-state index is -1.01. The molecule has 1 atom stereocenters. The van der Waals surface area contributed by atoms with Crippen LogP contribution in [0.15, 0.2) is 42.6 Å². The van der Waals surface area contributed by atoms with Crippen LogP contribution in [0.4, 0.5) is 25.2 Å². The van der Waals surface area contributed by atoms with E-state index in [2.05, 4.69) is 25.1 Å². The molecule has 1 unspecified atom stereocenters. The van der Waals surface area contributed by atoms with E-state index in [9.17, 15) is 9.59 Å². The van der Waals surface area contributed by atoms with E-state index in [0.29, 0.717) is 36.9 Å². The summed E-state index contributed by atoms with van der Waals surface area (Å²) in [6.07, 6.45) is 1.15. The largest absolute Gasteiger partial charge is 0.444 e. The number of benzene rings is 2. The van der Waals surface area contributed by atoms with Gasteiger partial charge in [-0.25, -0.2) is 18.6 Å². The standard InChI is InChI=1S/C29H29ClF2IN5O3/c1-28(2,3)41-27(40)38-13-11-37(12-14-38)20-15-21(31)24(22(32)16-20)25(39)36-26-34-17-23(35-26)29(4,9-10-33)18-5-7-19(30)8-6-18/h5-8,15-17H,11-14H2,1-4H3,(H2,34,35,36,39). The fraction of sp³-hybridized carbons (Fsp3) is 0.345. The number of halogens is 4. The Balaban J connectivity index is 1.47. The number of rotatable bonds is 5. The van der Waals surface area contributed by atoms with Crippen molar-refractivity contribution in [2.24, 2.45) is 0 Å². The average molecular weight is 696 g/mol. The maximum absolute atomic E-state index is 15.1. The number of piperazine rings is 1. The lowest BCUT2D eigenvalue weighted by Crippen LogP contribution is -2.50. The summed E-state index contributed by atoms with van der Waals surface area (Å²) in [5.74, 6) is 0.127. The Morgan fingerprint density at radius 2 is 1.68 bits per heavy atom. The maximum Gasteiger partial charge on any atom is 0.410 e. The Bertz CT molecular complexity index is 1480. The molecule has 0 bridgehead atoms. The van der Waals surface area contributed by atoms with Gasteiger partial charge in [-0.15, -0.1) is 0 Å². The number of nitrogens with one attached hydrogen (secondary N) is 2. The highest BCUT2D eigenvalue weighted by Gasteiger charge is 2.31. The fourth-order valence-corrected chi connectivity index (χ4v) is 5.07. The van der Waals surface area contributed by atoms with Gasteiger partial charge in [0, 0.05) is 65.7 Å². The molecular formula is C29H29ClF2IN5O3. The van der Waals surface area contributed by atoms with Gasteiger partial charge in [-0.05, 0) is 61.5 Å². The number of hydrogen-bond donors (Lipinski definition) is 2.